The number of nitrogens with zero attached hydrogens (tertiary/aromatic N) is 3. The van der Waals surface area contributed by atoms with Gasteiger partial charge in [-0.2, -0.15) is 0 Å². The standard InChI is InChI=1S/C17H19ClFN3O2.ClH/c1-3-21-7-9-22(10-8-21)17(23)14-11(2)24-20-16(14)15-12(18)5-4-6-13(15)19;/h4-6H,3,7-10H2,1-2H3;1H/p-1. The Morgan fingerprint density at radius 3 is 2.60 bits per heavy atom. The average Bonchev–Trinajstić information content (AvgIpc) is 2.95. The van der Waals surface area contributed by atoms with Crippen LogP contribution in [0.3, 0.4) is 0 Å². The van der Waals surface area contributed by atoms with E-state index in [0.717, 1.165) is 19.6 Å². The summed E-state index contributed by atoms with van der Waals surface area (Å²) in [4.78, 5) is 17.0. The smallest absolute Gasteiger partial charge is 0.259 e. The van der Waals surface area contributed by atoms with E-state index >= 15 is 0 Å². The van der Waals surface area contributed by atoms with Crippen LogP contribution < -0.4 is 12.4 Å². The summed E-state index contributed by atoms with van der Waals surface area (Å²) in [5.41, 5.74) is 0.553. The number of aromatic nitrogens is 1. The lowest BCUT2D eigenvalue weighted by atomic mass is 10.0. The van der Waals surface area contributed by atoms with E-state index in [1.807, 2.05) is 0 Å². The van der Waals surface area contributed by atoms with Crippen LogP contribution in [0.2, 0.25) is 5.02 Å². The van der Waals surface area contributed by atoms with Crippen LogP contribution in [0.25, 0.3) is 11.3 Å². The van der Waals surface area contributed by atoms with E-state index < -0.39 is 5.82 Å². The molecule has 1 amide bonds. The molecule has 1 aromatic carbocycles. The molecule has 0 N–H and O–H groups in total. The third-order valence-corrected chi connectivity index (χ3v) is 4.70. The van der Waals surface area contributed by atoms with Crippen LogP contribution in [0.15, 0.2) is 22.7 Å². The first-order valence-corrected chi connectivity index (χ1v) is 8.33. The molecule has 25 heavy (non-hydrogen) atoms. The fourth-order valence-electron chi connectivity index (χ4n) is 2.94. The van der Waals surface area contributed by atoms with E-state index in [9.17, 15) is 9.18 Å². The lowest BCUT2D eigenvalue weighted by Gasteiger charge is -2.34. The maximum Gasteiger partial charge on any atom is 0.259 e. The van der Waals surface area contributed by atoms with Crippen molar-refractivity contribution in [1.82, 2.24) is 15.0 Å². The molecule has 1 aliphatic heterocycles. The second-order valence-electron chi connectivity index (χ2n) is 5.79. The molecule has 0 bridgehead atoms. The molecule has 1 aliphatic rings. The van der Waals surface area contributed by atoms with Crippen LogP contribution in [0.4, 0.5) is 4.39 Å². The third kappa shape index (κ3) is 3.81. The molecule has 2 aromatic rings. The zero-order valence-corrected chi connectivity index (χ0v) is 15.6. The van der Waals surface area contributed by atoms with E-state index in [1.54, 1.807) is 17.9 Å². The first kappa shape index (κ1) is 19.7. The number of carbonyl (C=O) groups is 1. The van der Waals surface area contributed by atoms with E-state index in [4.69, 9.17) is 16.1 Å². The predicted octanol–water partition coefficient (Wildman–Crippen LogP) is 0.224. The number of aryl methyl sites for hydroxylation is 1. The number of hydrogen-bond acceptors (Lipinski definition) is 4. The predicted molar refractivity (Wildman–Crippen MR) is 89.7 cm³/mol. The number of benzene rings is 1. The largest absolute Gasteiger partial charge is 1.00 e. The highest BCUT2D eigenvalue weighted by atomic mass is 35.5. The number of amides is 1. The summed E-state index contributed by atoms with van der Waals surface area (Å²) in [5.74, 6) is -0.355. The monoisotopic (exact) mass is 386 g/mol. The molecule has 0 unspecified atom stereocenters. The Kier molecular flexibility index (Phi) is 6.43. The van der Waals surface area contributed by atoms with Crippen molar-refractivity contribution in [2.45, 2.75) is 13.8 Å². The first-order valence-electron chi connectivity index (χ1n) is 7.95. The van der Waals surface area contributed by atoms with Crippen LogP contribution in [0, 0.1) is 12.7 Å². The molecule has 0 radical (unpaired) electrons. The van der Waals surface area contributed by atoms with Crippen molar-refractivity contribution < 1.29 is 26.1 Å². The number of likely N-dealkylation sites (N-methyl/N-ethyl adjacent to an activating group) is 1. The Hall–Kier alpha value is -1.63. The van der Waals surface area contributed by atoms with Crippen molar-refractivity contribution in [3.8, 4) is 11.3 Å². The van der Waals surface area contributed by atoms with E-state index in [1.165, 1.54) is 12.1 Å². The van der Waals surface area contributed by atoms with Gasteiger partial charge in [-0.3, -0.25) is 4.79 Å². The Morgan fingerprint density at radius 2 is 2.00 bits per heavy atom. The van der Waals surface area contributed by atoms with Gasteiger partial charge in [-0.15, -0.1) is 0 Å². The molecule has 0 aliphatic carbocycles. The van der Waals surface area contributed by atoms with Gasteiger partial charge in [0.05, 0.1) is 10.6 Å². The first-order chi connectivity index (χ1) is 11.5. The minimum atomic E-state index is -0.527. The van der Waals surface area contributed by atoms with Gasteiger partial charge in [0, 0.05) is 26.2 Å². The Bertz CT molecular complexity index is 738. The second-order valence-corrected chi connectivity index (χ2v) is 6.19. The summed E-state index contributed by atoms with van der Waals surface area (Å²) >= 11 is 6.12. The van der Waals surface area contributed by atoms with Crippen LogP contribution in [0.1, 0.15) is 23.0 Å². The van der Waals surface area contributed by atoms with Gasteiger partial charge in [0.1, 0.15) is 22.8 Å². The highest BCUT2D eigenvalue weighted by Crippen LogP contribution is 2.34. The average molecular weight is 387 g/mol. The molecule has 8 heteroatoms. The molecule has 0 spiro atoms. The third-order valence-electron chi connectivity index (χ3n) is 4.38. The van der Waals surface area contributed by atoms with Gasteiger partial charge < -0.3 is 26.7 Å². The van der Waals surface area contributed by atoms with Crippen molar-refractivity contribution in [1.29, 1.82) is 0 Å². The lowest BCUT2D eigenvalue weighted by molar-refractivity contribution is -0.0000168. The maximum absolute atomic E-state index is 14.2. The number of piperazine rings is 1. The number of rotatable bonds is 3. The summed E-state index contributed by atoms with van der Waals surface area (Å²) in [5, 5.41) is 4.10. The van der Waals surface area contributed by atoms with Crippen LogP contribution in [0.5, 0.6) is 0 Å². The fourth-order valence-corrected chi connectivity index (χ4v) is 3.20. The van der Waals surface area contributed by atoms with E-state index in [2.05, 4.69) is 17.0 Å². The topological polar surface area (TPSA) is 49.6 Å². The quantitative estimate of drug-likeness (QED) is 0.757. The van der Waals surface area contributed by atoms with Crippen LogP contribution in [-0.4, -0.2) is 53.6 Å². The highest BCUT2D eigenvalue weighted by Gasteiger charge is 2.30. The summed E-state index contributed by atoms with van der Waals surface area (Å²) in [6.07, 6.45) is 0. The van der Waals surface area contributed by atoms with Gasteiger partial charge in [0.2, 0.25) is 0 Å². The molecular weight excluding hydrogens is 368 g/mol. The van der Waals surface area contributed by atoms with Crippen molar-refractivity contribution in [3.05, 3.63) is 40.4 Å². The normalized spacial score (nSPS) is 15.1. The minimum absolute atomic E-state index is 0. The van der Waals surface area contributed by atoms with Gasteiger partial charge in [0.25, 0.3) is 5.91 Å². The molecule has 1 fully saturated rings. The van der Waals surface area contributed by atoms with Crippen molar-refractivity contribution in [2.24, 2.45) is 0 Å². The summed E-state index contributed by atoms with van der Waals surface area (Å²) < 4.78 is 19.4. The van der Waals surface area contributed by atoms with Gasteiger partial charge in [0.15, 0.2) is 0 Å². The number of carbonyl (C=O) groups excluding carboxylic acids is 1. The summed E-state index contributed by atoms with van der Waals surface area (Å²) in [7, 11) is 0. The Labute approximate surface area is 157 Å². The van der Waals surface area contributed by atoms with Crippen molar-refractivity contribution >= 4 is 17.5 Å². The second kappa shape index (κ2) is 8.17. The molecule has 136 valence electrons. The van der Waals surface area contributed by atoms with Crippen LogP contribution in [-0.2, 0) is 0 Å². The molecule has 5 nitrogen and oxygen atoms in total. The van der Waals surface area contributed by atoms with Crippen LogP contribution >= 0.6 is 11.6 Å². The molecule has 2 heterocycles. The number of hydrogen-bond donors (Lipinski definition) is 0. The summed E-state index contributed by atoms with van der Waals surface area (Å²) in [6, 6.07) is 4.37. The zero-order chi connectivity index (χ0) is 17.3. The van der Waals surface area contributed by atoms with Crippen molar-refractivity contribution in [3.63, 3.8) is 0 Å². The zero-order valence-electron chi connectivity index (χ0n) is 14.1. The van der Waals surface area contributed by atoms with Gasteiger partial charge in [-0.05, 0) is 25.6 Å². The highest BCUT2D eigenvalue weighted by molar-refractivity contribution is 6.33. The molecule has 3 rings (SSSR count). The Morgan fingerprint density at radius 1 is 1.32 bits per heavy atom. The Balaban J connectivity index is 0.00000225. The lowest BCUT2D eigenvalue weighted by Crippen LogP contribution is -3.00. The van der Waals surface area contributed by atoms with E-state index in [0.29, 0.717) is 18.8 Å². The molecule has 0 saturated carbocycles. The fraction of sp³-hybridized carbons (Fsp3) is 0.412. The molecule has 1 aromatic heterocycles. The maximum atomic E-state index is 14.2. The summed E-state index contributed by atoms with van der Waals surface area (Å²) in [6.45, 7) is 7.61. The van der Waals surface area contributed by atoms with Gasteiger partial charge >= 0.3 is 0 Å². The molecule has 1 saturated heterocycles. The van der Waals surface area contributed by atoms with E-state index in [-0.39, 0.29) is 40.2 Å². The van der Waals surface area contributed by atoms with Gasteiger partial charge in [-0.1, -0.05) is 29.7 Å². The SMILES string of the molecule is CCN1CCN(C(=O)c2c(-c3c(F)cccc3Cl)noc2C)CC1.[Cl-]. The number of halogens is 3. The molecular formula is C17H19Cl2FN3O2-. The minimum Gasteiger partial charge on any atom is -1.00 e. The van der Waals surface area contributed by atoms with Crippen molar-refractivity contribution in [2.75, 3.05) is 32.7 Å². The van der Waals surface area contributed by atoms with Gasteiger partial charge in [-0.25, -0.2) is 4.39 Å². The molecule has 0 atom stereocenters.